The van der Waals surface area contributed by atoms with Gasteiger partial charge in [-0.2, -0.15) is 0 Å². The highest BCUT2D eigenvalue weighted by Crippen LogP contribution is 2.32. The maximum absolute atomic E-state index is 13.7. The fourth-order valence-electron chi connectivity index (χ4n) is 4.75. The first-order valence-corrected chi connectivity index (χ1v) is 13.0. The normalized spacial score (nSPS) is 18.1. The number of rotatable bonds is 6. The molecule has 2 aromatic heterocycles. The molecule has 0 N–H and O–H groups in total. The lowest BCUT2D eigenvalue weighted by molar-refractivity contribution is -0.139. The van der Waals surface area contributed by atoms with Crippen molar-refractivity contribution in [1.82, 2.24) is 4.57 Å². The Morgan fingerprint density at radius 1 is 1.22 bits per heavy atom. The van der Waals surface area contributed by atoms with E-state index in [0.29, 0.717) is 32.1 Å². The van der Waals surface area contributed by atoms with Crippen molar-refractivity contribution in [3.8, 4) is 5.75 Å². The number of esters is 1. The molecule has 1 fully saturated rings. The van der Waals surface area contributed by atoms with Gasteiger partial charge in [-0.1, -0.05) is 23.5 Å². The number of aromatic nitrogens is 1. The molecule has 2 aliphatic rings. The van der Waals surface area contributed by atoms with Gasteiger partial charge in [0, 0.05) is 25.2 Å². The second kappa shape index (κ2) is 10.2. The summed E-state index contributed by atoms with van der Waals surface area (Å²) in [4.78, 5) is 34.1. The number of nitrogens with zero attached hydrogens (tertiary/aromatic N) is 3. The summed E-state index contributed by atoms with van der Waals surface area (Å²) < 4.78 is 18.9. The van der Waals surface area contributed by atoms with Gasteiger partial charge in [0.1, 0.15) is 11.5 Å². The third-order valence-electron chi connectivity index (χ3n) is 6.48. The fourth-order valence-corrected chi connectivity index (χ4v) is 5.78. The molecule has 0 bridgehead atoms. The molecule has 4 heterocycles. The molecule has 0 spiro atoms. The van der Waals surface area contributed by atoms with Gasteiger partial charge in [-0.3, -0.25) is 9.36 Å². The zero-order valence-electron chi connectivity index (χ0n) is 20.7. The predicted molar refractivity (Wildman–Crippen MR) is 138 cm³/mol. The topological polar surface area (TPSA) is 86.3 Å². The number of piperidine rings is 1. The summed E-state index contributed by atoms with van der Waals surface area (Å²) in [7, 11) is 1.58. The van der Waals surface area contributed by atoms with E-state index in [1.54, 1.807) is 31.6 Å². The molecule has 1 saturated heterocycles. The number of methoxy groups -OCH3 is 1. The molecule has 3 aromatic rings. The minimum atomic E-state index is -0.682. The zero-order valence-corrected chi connectivity index (χ0v) is 21.5. The van der Waals surface area contributed by atoms with E-state index >= 15 is 0 Å². The minimum Gasteiger partial charge on any atom is -0.497 e. The predicted octanol–water partition coefficient (Wildman–Crippen LogP) is 3.39. The number of allylic oxidation sites excluding steroid dienone is 1. The standard InChI is InChI=1S/C27H29N3O5S/c1-4-34-26(32)23-17(2)28-27-30(24(23)18-9-8-10-19(15-18)33-3)25(31)21(36-27)16-20-11-12-22(35-20)29-13-6-5-7-14-29/h8-12,15-16,24H,4-7,13-14H2,1-3H3/b21-16+. The van der Waals surface area contributed by atoms with Crippen LogP contribution in [0.15, 0.2) is 61.9 Å². The number of furan rings is 1. The number of benzene rings is 1. The Kier molecular flexibility index (Phi) is 6.82. The van der Waals surface area contributed by atoms with Crippen molar-refractivity contribution >= 4 is 29.3 Å². The van der Waals surface area contributed by atoms with Crippen molar-refractivity contribution in [3.05, 3.63) is 78.7 Å². The van der Waals surface area contributed by atoms with E-state index in [4.69, 9.17) is 13.9 Å². The maximum Gasteiger partial charge on any atom is 0.338 e. The highest BCUT2D eigenvalue weighted by atomic mass is 32.1. The van der Waals surface area contributed by atoms with E-state index in [9.17, 15) is 9.59 Å². The molecule has 188 valence electrons. The average Bonchev–Trinajstić information content (AvgIpc) is 3.48. The second-order valence-corrected chi connectivity index (χ2v) is 9.81. The monoisotopic (exact) mass is 507 g/mol. The number of anilines is 1. The molecular weight excluding hydrogens is 478 g/mol. The largest absolute Gasteiger partial charge is 0.497 e. The van der Waals surface area contributed by atoms with E-state index in [2.05, 4.69) is 9.89 Å². The van der Waals surface area contributed by atoms with Gasteiger partial charge in [0.25, 0.3) is 5.56 Å². The molecule has 5 rings (SSSR count). The summed E-state index contributed by atoms with van der Waals surface area (Å²) in [5, 5.41) is 0. The molecule has 9 heteroatoms. The van der Waals surface area contributed by atoms with Crippen LogP contribution in [0.5, 0.6) is 5.75 Å². The Balaban J connectivity index is 1.62. The van der Waals surface area contributed by atoms with Gasteiger partial charge in [0.15, 0.2) is 10.7 Å². The third kappa shape index (κ3) is 4.51. The van der Waals surface area contributed by atoms with Gasteiger partial charge in [-0.05, 0) is 56.9 Å². The first-order valence-electron chi connectivity index (χ1n) is 12.2. The Labute approximate surface area is 212 Å². The lowest BCUT2D eigenvalue weighted by atomic mass is 9.95. The van der Waals surface area contributed by atoms with Gasteiger partial charge >= 0.3 is 5.97 Å². The number of hydrogen-bond acceptors (Lipinski definition) is 8. The van der Waals surface area contributed by atoms with Crippen LogP contribution in [0.4, 0.5) is 5.88 Å². The van der Waals surface area contributed by atoms with Crippen molar-refractivity contribution in [3.63, 3.8) is 0 Å². The number of ether oxygens (including phenoxy) is 2. The van der Waals surface area contributed by atoms with Gasteiger partial charge in [-0.25, -0.2) is 9.79 Å². The average molecular weight is 508 g/mol. The van der Waals surface area contributed by atoms with Crippen LogP contribution >= 0.6 is 11.3 Å². The quantitative estimate of drug-likeness (QED) is 0.476. The third-order valence-corrected chi connectivity index (χ3v) is 7.46. The summed E-state index contributed by atoms with van der Waals surface area (Å²) in [6.07, 6.45) is 5.30. The number of hydrogen-bond donors (Lipinski definition) is 0. The number of thiazole rings is 1. The van der Waals surface area contributed by atoms with Gasteiger partial charge in [0.2, 0.25) is 0 Å². The second-order valence-electron chi connectivity index (χ2n) is 8.80. The number of carbonyl (C=O) groups is 1. The number of fused-ring (bicyclic) bond motifs is 1. The summed E-state index contributed by atoms with van der Waals surface area (Å²) in [6.45, 7) is 5.71. The van der Waals surface area contributed by atoms with E-state index in [-0.39, 0.29) is 12.2 Å². The Morgan fingerprint density at radius 3 is 2.78 bits per heavy atom. The SMILES string of the molecule is CCOC(=O)C1=C(C)N=c2s/c(=C/c3ccc(N4CCCCC4)o3)c(=O)n2C1c1cccc(OC)c1. The van der Waals surface area contributed by atoms with Gasteiger partial charge < -0.3 is 18.8 Å². The molecule has 1 atom stereocenters. The van der Waals surface area contributed by atoms with E-state index in [0.717, 1.165) is 37.4 Å². The summed E-state index contributed by atoms with van der Waals surface area (Å²) in [5.74, 6) is 1.58. The first-order chi connectivity index (χ1) is 17.5. The molecular formula is C27H29N3O5S. The van der Waals surface area contributed by atoms with Crippen molar-refractivity contribution < 1.29 is 18.7 Å². The van der Waals surface area contributed by atoms with Gasteiger partial charge in [0.05, 0.1) is 35.6 Å². The van der Waals surface area contributed by atoms with Crippen molar-refractivity contribution in [2.24, 2.45) is 4.99 Å². The Bertz CT molecular complexity index is 1490. The lowest BCUT2D eigenvalue weighted by Gasteiger charge is -2.25. The van der Waals surface area contributed by atoms with Crippen LogP contribution < -0.4 is 24.5 Å². The summed E-state index contributed by atoms with van der Waals surface area (Å²) in [5.41, 5.74) is 1.37. The van der Waals surface area contributed by atoms with Gasteiger partial charge in [-0.15, -0.1) is 0 Å². The number of carbonyl (C=O) groups excluding carboxylic acids is 1. The van der Waals surface area contributed by atoms with Crippen LogP contribution in [0.3, 0.4) is 0 Å². The highest BCUT2D eigenvalue weighted by Gasteiger charge is 2.33. The lowest BCUT2D eigenvalue weighted by Crippen LogP contribution is -2.39. The molecule has 0 radical (unpaired) electrons. The molecule has 2 aliphatic heterocycles. The van der Waals surface area contributed by atoms with Crippen LogP contribution in [0.25, 0.3) is 6.08 Å². The fraction of sp³-hybridized carbons (Fsp3) is 0.370. The Hall–Kier alpha value is -3.59. The van der Waals surface area contributed by atoms with E-state index < -0.39 is 12.0 Å². The van der Waals surface area contributed by atoms with Crippen LogP contribution in [-0.2, 0) is 9.53 Å². The molecule has 1 aromatic carbocycles. The van der Waals surface area contributed by atoms with Crippen LogP contribution in [0.2, 0.25) is 0 Å². The molecule has 0 amide bonds. The van der Waals surface area contributed by atoms with Crippen molar-refractivity contribution in [2.45, 2.75) is 39.2 Å². The van der Waals surface area contributed by atoms with E-state index in [1.165, 1.54) is 17.8 Å². The zero-order chi connectivity index (χ0) is 25.2. The highest BCUT2D eigenvalue weighted by molar-refractivity contribution is 7.07. The Morgan fingerprint density at radius 2 is 2.03 bits per heavy atom. The van der Waals surface area contributed by atoms with Crippen molar-refractivity contribution in [2.75, 3.05) is 31.7 Å². The maximum atomic E-state index is 13.7. The smallest absolute Gasteiger partial charge is 0.338 e. The molecule has 36 heavy (non-hydrogen) atoms. The van der Waals surface area contributed by atoms with Crippen LogP contribution in [-0.4, -0.2) is 37.3 Å². The molecule has 0 aliphatic carbocycles. The molecule has 8 nitrogen and oxygen atoms in total. The van der Waals surface area contributed by atoms with Crippen molar-refractivity contribution in [1.29, 1.82) is 0 Å². The minimum absolute atomic E-state index is 0.225. The van der Waals surface area contributed by atoms with E-state index in [1.807, 2.05) is 36.4 Å². The molecule has 1 unspecified atom stereocenters. The summed E-state index contributed by atoms with van der Waals surface area (Å²) in [6, 6.07) is 10.5. The summed E-state index contributed by atoms with van der Waals surface area (Å²) >= 11 is 1.28. The first kappa shape index (κ1) is 24.1. The molecule has 0 saturated carbocycles. The van der Waals surface area contributed by atoms with Crippen LogP contribution in [0.1, 0.15) is 50.5 Å². The van der Waals surface area contributed by atoms with Crippen LogP contribution in [0, 0.1) is 0 Å².